The van der Waals surface area contributed by atoms with Crippen LogP contribution >= 0.6 is 0 Å². The van der Waals surface area contributed by atoms with Gasteiger partial charge in [0, 0.05) is 38.8 Å². The Kier molecular flexibility index (Phi) is 4.18. The maximum Gasteiger partial charge on any atom is 0.0525 e. The van der Waals surface area contributed by atoms with Gasteiger partial charge in [-0.05, 0) is 30.9 Å². The lowest BCUT2D eigenvalue weighted by Crippen LogP contribution is -2.38. The van der Waals surface area contributed by atoms with E-state index in [0.717, 1.165) is 12.5 Å². The van der Waals surface area contributed by atoms with Crippen LogP contribution in [0.1, 0.15) is 31.2 Å². The highest BCUT2D eigenvalue weighted by molar-refractivity contribution is 5.12. The van der Waals surface area contributed by atoms with E-state index in [-0.39, 0.29) is 0 Å². The highest BCUT2D eigenvalue weighted by Gasteiger charge is 2.20. The van der Waals surface area contributed by atoms with Crippen molar-refractivity contribution in [1.82, 2.24) is 14.7 Å². The van der Waals surface area contributed by atoms with E-state index in [4.69, 9.17) is 5.73 Å². The molecule has 1 aromatic heterocycles. The van der Waals surface area contributed by atoms with Crippen molar-refractivity contribution in [1.29, 1.82) is 0 Å². The van der Waals surface area contributed by atoms with Crippen LogP contribution in [0.2, 0.25) is 0 Å². The van der Waals surface area contributed by atoms with Gasteiger partial charge in [-0.3, -0.25) is 4.68 Å². The van der Waals surface area contributed by atoms with Crippen molar-refractivity contribution in [3.05, 3.63) is 18.0 Å². The third kappa shape index (κ3) is 3.30. The average molecular weight is 236 g/mol. The Hall–Kier alpha value is -0.870. The molecule has 0 saturated carbocycles. The van der Waals surface area contributed by atoms with E-state index in [2.05, 4.69) is 23.1 Å². The predicted octanol–water partition coefficient (Wildman–Crippen LogP) is 1.19. The Bertz CT molecular complexity index is 347. The molecule has 4 heteroatoms. The van der Waals surface area contributed by atoms with Crippen LogP contribution in [-0.4, -0.2) is 40.9 Å². The second-order valence-corrected chi connectivity index (χ2v) is 5.39. The zero-order chi connectivity index (χ0) is 12.3. The smallest absolute Gasteiger partial charge is 0.0525 e. The van der Waals surface area contributed by atoms with Crippen molar-refractivity contribution >= 4 is 0 Å². The van der Waals surface area contributed by atoms with E-state index in [1.54, 1.807) is 0 Å². The van der Waals surface area contributed by atoms with Gasteiger partial charge in [0.2, 0.25) is 0 Å². The number of rotatable bonds is 4. The summed E-state index contributed by atoms with van der Waals surface area (Å²) in [6.07, 6.45) is 6.73. The first-order chi connectivity index (χ1) is 8.19. The molecular formula is C13H24N4. The van der Waals surface area contributed by atoms with Crippen LogP contribution in [-0.2, 0) is 7.05 Å². The first kappa shape index (κ1) is 12.6. The fourth-order valence-corrected chi connectivity index (χ4v) is 2.73. The first-order valence-electron chi connectivity index (χ1n) is 6.60. The number of aryl methyl sites for hydroxylation is 1. The zero-order valence-corrected chi connectivity index (χ0v) is 11.0. The van der Waals surface area contributed by atoms with Crippen molar-refractivity contribution in [3.8, 4) is 0 Å². The first-order valence-corrected chi connectivity index (χ1v) is 6.60. The summed E-state index contributed by atoms with van der Waals surface area (Å²) < 4.78 is 1.86. The fourth-order valence-electron chi connectivity index (χ4n) is 2.73. The van der Waals surface area contributed by atoms with Gasteiger partial charge in [0.05, 0.1) is 6.20 Å². The second kappa shape index (κ2) is 5.65. The molecule has 17 heavy (non-hydrogen) atoms. The van der Waals surface area contributed by atoms with Gasteiger partial charge < -0.3 is 10.6 Å². The molecule has 2 heterocycles. The number of likely N-dealkylation sites (tertiary alicyclic amines) is 1. The van der Waals surface area contributed by atoms with Gasteiger partial charge >= 0.3 is 0 Å². The van der Waals surface area contributed by atoms with Crippen LogP contribution in [0, 0.1) is 5.92 Å². The molecule has 0 aromatic carbocycles. The minimum Gasteiger partial charge on any atom is -0.330 e. The van der Waals surface area contributed by atoms with Crippen LogP contribution in [0.15, 0.2) is 12.4 Å². The normalized spacial score (nSPS) is 23.8. The molecule has 2 rings (SSSR count). The molecule has 0 radical (unpaired) electrons. The van der Waals surface area contributed by atoms with E-state index in [1.807, 2.05) is 17.9 Å². The minimum atomic E-state index is 0.425. The SMILES string of the molecule is CC1CCCN(CC(CN)c2cnn(C)c2)C1. The molecule has 2 N–H and O–H groups in total. The average Bonchev–Trinajstić information content (AvgIpc) is 2.73. The van der Waals surface area contributed by atoms with Crippen LogP contribution < -0.4 is 5.73 Å². The van der Waals surface area contributed by atoms with Crippen molar-refractivity contribution in [2.24, 2.45) is 18.7 Å². The highest BCUT2D eigenvalue weighted by atomic mass is 15.2. The second-order valence-electron chi connectivity index (χ2n) is 5.39. The summed E-state index contributed by atoms with van der Waals surface area (Å²) >= 11 is 0. The Morgan fingerprint density at radius 3 is 3.00 bits per heavy atom. The monoisotopic (exact) mass is 236 g/mol. The lowest BCUT2D eigenvalue weighted by atomic mass is 9.97. The van der Waals surface area contributed by atoms with Crippen molar-refractivity contribution < 1.29 is 0 Å². The fraction of sp³-hybridized carbons (Fsp3) is 0.769. The molecule has 1 aromatic rings. The number of hydrogen-bond donors (Lipinski definition) is 1. The largest absolute Gasteiger partial charge is 0.330 e. The molecule has 0 bridgehead atoms. The molecular weight excluding hydrogens is 212 g/mol. The summed E-state index contributed by atoms with van der Waals surface area (Å²) in [5.41, 5.74) is 7.17. The van der Waals surface area contributed by atoms with Gasteiger partial charge in [-0.2, -0.15) is 5.10 Å². The maximum absolute atomic E-state index is 5.90. The van der Waals surface area contributed by atoms with Gasteiger partial charge in [-0.1, -0.05) is 6.92 Å². The summed E-state index contributed by atoms with van der Waals surface area (Å²) in [4.78, 5) is 2.55. The number of nitrogens with zero attached hydrogens (tertiary/aromatic N) is 3. The summed E-state index contributed by atoms with van der Waals surface area (Å²) in [5.74, 6) is 1.25. The number of piperidine rings is 1. The molecule has 0 amide bonds. The van der Waals surface area contributed by atoms with Crippen molar-refractivity contribution in [3.63, 3.8) is 0 Å². The minimum absolute atomic E-state index is 0.425. The number of nitrogens with two attached hydrogens (primary N) is 1. The third-order valence-corrected chi connectivity index (χ3v) is 3.70. The van der Waals surface area contributed by atoms with Gasteiger partial charge in [-0.25, -0.2) is 0 Å². The Labute approximate surface area is 104 Å². The summed E-state index contributed by atoms with van der Waals surface area (Å²) in [7, 11) is 1.96. The summed E-state index contributed by atoms with van der Waals surface area (Å²) in [5, 5.41) is 4.24. The number of hydrogen-bond acceptors (Lipinski definition) is 3. The van der Waals surface area contributed by atoms with Crippen LogP contribution in [0.5, 0.6) is 0 Å². The lowest BCUT2D eigenvalue weighted by molar-refractivity contribution is 0.175. The predicted molar refractivity (Wildman–Crippen MR) is 69.8 cm³/mol. The lowest BCUT2D eigenvalue weighted by Gasteiger charge is -2.33. The van der Waals surface area contributed by atoms with Gasteiger partial charge in [0.1, 0.15) is 0 Å². The topological polar surface area (TPSA) is 47.1 Å². The molecule has 0 aliphatic carbocycles. The highest BCUT2D eigenvalue weighted by Crippen LogP contribution is 2.20. The number of aromatic nitrogens is 2. The van der Waals surface area contributed by atoms with E-state index >= 15 is 0 Å². The molecule has 1 saturated heterocycles. The Morgan fingerprint density at radius 2 is 2.41 bits per heavy atom. The van der Waals surface area contributed by atoms with Gasteiger partial charge in [0.25, 0.3) is 0 Å². The zero-order valence-electron chi connectivity index (χ0n) is 11.0. The van der Waals surface area contributed by atoms with E-state index < -0.39 is 0 Å². The molecule has 1 fully saturated rings. The molecule has 0 spiro atoms. The molecule has 1 aliphatic rings. The molecule has 96 valence electrons. The molecule has 1 aliphatic heterocycles. The van der Waals surface area contributed by atoms with E-state index in [1.165, 1.54) is 31.5 Å². The Morgan fingerprint density at radius 1 is 1.59 bits per heavy atom. The van der Waals surface area contributed by atoms with Gasteiger partial charge in [0.15, 0.2) is 0 Å². The van der Waals surface area contributed by atoms with Crippen LogP contribution in [0.4, 0.5) is 0 Å². The van der Waals surface area contributed by atoms with Gasteiger partial charge in [-0.15, -0.1) is 0 Å². The third-order valence-electron chi connectivity index (χ3n) is 3.70. The standard InChI is InChI=1S/C13H24N4/c1-11-4-3-5-17(8-11)10-12(6-14)13-7-15-16(2)9-13/h7,9,11-12H,3-6,8,10,14H2,1-2H3. The molecule has 2 unspecified atom stereocenters. The quantitative estimate of drug-likeness (QED) is 0.854. The van der Waals surface area contributed by atoms with Crippen LogP contribution in [0.25, 0.3) is 0 Å². The van der Waals surface area contributed by atoms with Crippen molar-refractivity contribution in [2.45, 2.75) is 25.7 Å². The van der Waals surface area contributed by atoms with Crippen LogP contribution in [0.3, 0.4) is 0 Å². The Balaban J connectivity index is 1.95. The maximum atomic E-state index is 5.90. The molecule has 4 nitrogen and oxygen atoms in total. The summed E-state index contributed by atoms with van der Waals surface area (Å²) in [6.45, 7) is 6.56. The summed E-state index contributed by atoms with van der Waals surface area (Å²) in [6, 6.07) is 0. The van der Waals surface area contributed by atoms with E-state index in [0.29, 0.717) is 12.5 Å². The van der Waals surface area contributed by atoms with Crippen molar-refractivity contribution in [2.75, 3.05) is 26.2 Å². The van der Waals surface area contributed by atoms with E-state index in [9.17, 15) is 0 Å². The molecule has 2 atom stereocenters.